The lowest BCUT2D eigenvalue weighted by Gasteiger charge is -2.24. The first-order valence-electron chi connectivity index (χ1n) is 8.20. The summed E-state index contributed by atoms with van der Waals surface area (Å²) in [6.45, 7) is 5.02. The molecule has 0 aliphatic carbocycles. The molecule has 0 aliphatic rings. The molecule has 0 heterocycles. The molecule has 0 saturated carbocycles. The minimum Gasteiger partial charge on any atom is -0.480 e. The van der Waals surface area contributed by atoms with Crippen LogP contribution in [-0.2, 0) is 19.2 Å². The highest BCUT2D eigenvalue weighted by Crippen LogP contribution is 2.06. The van der Waals surface area contributed by atoms with Gasteiger partial charge in [0.05, 0.1) is 6.04 Å². The monoisotopic (exact) mass is 408 g/mol. The number of carboxylic acids is 1. The van der Waals surface area contributed by atoms with E-state index in [2.05, 4.69) is 41.2 Å². The molecule has 0 saturated heterocycles. The molecule has 0 aliphatic heterocycles. The smallest absolute Gasteiger partial charge is 0.325 e. The molecule has 5 atom stereocenters. The second-order valence-electron chi connectivity index (χ2n) is 5.97. The Labute approximate surface area is 164 Å². The number of aliphatic carboxylic acids is 1. The van der Waals surface area contributed by atoms with Crippen molar-refractivity contribution in [1.29, 1.82) is 0 Å². The first kappa shape index (κ1) is 24.5. The summed E-state index contributed by atoms with van der Waals surface area (Å²) in [5.41, 5.74) is 5.83. The maximum atomic E-state index is 12.3. The van der Waals surface area contributed by atoms with Crippen molar-refractivity contribution in [1.82, 2.24) is 16.0 Å². The van der Waals surface area contributed by atoms with Gasteiger partial charge < -0.3 is 26.8 Å². The van der Waals surface area contributed by atoms with Crippen molar-refractivity contribution in [2.45, 2.75) is 51.4 Å². The van der Waals surface area contributed by atoms with Gasteiger partial charge in [0.15, 0.2) is 0 Å². The summed E-state index contributed by atoms with van der Waals surface area (Å²) in [4.78, 5) is 47.3. The fourth-order valence-corrected chi connectivity index (χ4v) is 2.33. The Balaban J connectivity index is 4.87. The number of amides is 3. The van der Waals surface area contributed by atoms with Crippen LogP contribution in [0, 0.1) is 5.92 Å². The molecule has 0 spiro atoms. The lowest BCUT2D eigenvalue weighted by molar-refractivity contribution is -0.141. The fraction of sp³-hybridized carbons (Fsp3) is 0.733. The van der Waals surface area contributed by atoms with Crippen molar-refractivity contribution >= 4 is 48.9 Å². The van der Waals surface area contributed by atoms with E-state index in [0.29, 0.717) is 6.42 Å². The number of carbonyl (C=O) groups is 4. The maximum absolute atomic E-state index is 12.3. The number of carbonyl (C=O) groups excluding carboxylic acids is 3. The topological polar surface area (TPSA) is 151 Å². The minimum absolute atomic E-state index is 0.00274. The Bertz CT molecular complexity index is 520. The number of carboxylic acid groups (broad SMARTS) is 1. The van der Waals surface area contributed by atoms with E-state index in [0.717, 1.165) is 0 Å². The van der Waals surface area contributed by atoms with Crippen molar-refractivity contribution < 1.29 is 24.3 Å². The standard InChI is InChI=1S/C15H28N4O5S2/c1-4-7(2)11(16)14(22)19-10(6-26)13(21)18-9(5-25)12(20)17-8(3)15(23)24/h7-11,25-26H,4-6,16H2,1-3H3,(H,17,20)(H,18,21)(H,19,22)(H,23,24)/t7-,8-,9-,10-,11-/m0/s1. The van der Waals surface area contributed by atoms with Gasteiger partial charge in [0.25, 0.3) is 0 Å². The summed E-state index contributed by atoms with van der Waals surface area (Å²) in [5.74, 6) is -3.14. The third kappa shape index (κ3) is 7.83. The summed E-state index contributed by atoms with van der Waals surface area (Å²) in [7, 11) is 0. The second kappa shape index (κ2) is 12.0. The number of hydrogen-bond acceptors (Lipinski definition) is 7. The highest BCUT2D eigenvalue weighted by Gasteiger charge is 2.29. The predicted octanol–water partition coefficient (Wildman–Crippen LogP) is -1.22. The molecule has 11 heteroatoms. The van der Waals surface area contributed by atoms with Crippen molar-refractivity contribution in [3.8, 4) is 0 Å². The van der Waals surface area contributed by atoms with Crippen molar-refractivity contribution in [2.75, 3.05) is 11.5 Å². The molecule has 0 aromatic heterocycles. The van der Waals surface area contributed by atoms with Gasteiger partial charge in [-0.3, -0.25) is 19.2 Å². The van der Waals surface area contributed by atoms with Gasteiger partial charge in [-0.05, 0) is 12.8 Å². The zero-order valence-electron chi connectivity index (χ0n) is 15.1. The number of nitrogens with one attached hydrogen (secondary N) is 3. The molecule has 0 rings (SSSR count). The van der Waals surface area contributed by atoms with Crippen molar-refractivity contribution in [3.05, 3.63) is 0 Å². The molecule has 0 aromatic rings. The quantitative estimate of drug-likeness (QED) is 0.213. The number of nitrogens with two attached hydrogens (primary N) is 1. The molecular weight excluding hydrogens is 380 g/mol. The third-order valence-electron chi connectivity index (χ3n) is 3.92. The number of thiol groups is 2. The molecule has 0 unspecified atom stereocenters. The molecule has 0 bridgehead atoms. The van der Waals surface area contributed by atoms with Gasteiger partial charge in [0.2, 0.25) is 17.7 Å². The van der Waals surface area contributed by atoms with E-state index in [9.17, 15) is 19.2 Å². The van der Waals surface area contributed by atoms with Crippen LogP contribution in [-0.4, -0.2) is 64.5 Å². The molecule has 9 nitrogen and oxygen atoms in total. The molecule has 0 aromatic carbocycles. The van der Waals surface area contributed by atoms with Crippen LogP contribution in [0.4, 0.5) is 0 Å². The Morgan fingerprint density at radius 2 is 1.35 bits per heavy atom. The van der Waals surface area contributed by atoms with E-state index >= 15 is 0 Å². The van der Waals surface area contributed by atoms with E-state index in [4.69, 9.17) is 10.8 Å². The van der Waals surface area contributed by atoms with Gasteiger partial charge in [-0.2, -0.15) is 25.3 Å². The van der Waals surface area contributed by atoms with Gasteiger partial charge >= 0.3 is 5.97 Å². The van der Waals surface area contributed by atoms with Crippen molar-refractivity contribution in [3.63, 3.8) is 0 Å². The van der Waals surface area contributed by atoms with Crippen LogP contribution in [0.5, 0.6) is 0 Å². The molecule has 0 radical (unpaired) electrons. The average molecular weight is 409 g/mol. The predicted molar refractivity (Wildman–Crippen MR) is 104 cm³/mol. The van der Waals surface area contributed by atoms with Crippen LogP contribution in [0.25, 0.3) is 0 Å². The summed E-state index contributed by atoms with van der Waals surface area (Å²) >= 11 is 8.04. The SMILES string of the molecule is CC[C@H](C)[C@H](N)C(=O)N[C@@H](CS)C(=O)N[C@@H](CS)C(=O)N[C@@H](C)C(=O)O. The molecule has 0 fully saturated rings. The van der Waals surface area contributed by atoms with Gasteiger partial charge in [-0.15, -0.1) is 0 Å². The maximum Gasteiger partial charge on any atom is 0.325 e. The van der Waals surface area contributed by atoms with Crippen LogP contribution in [0.15, 0.2) is 0 Å². The van der Waals surface area contributed by atoms with Gasteiger partial charge in [-0.25, -0.2) is 0 Å². The fourth-order valence-electron chi connectivity index (χ4n) is 1.82. The molecule has 150 valence electrons. The normalized spacial score (nSPS) is 16.5. The zero-order valence-corrected chi connectivity index (χ0v) is 16.8. The Morgan fingerprint density at radius 3 is 1.73 bits per heavy atom. The first-order valence-corrected chi connectivity index (χ1v) is 9.46. The van der Waals surface area contributed by atoms with Crippen LogP contribution in [0.2, 0.25) is 0 Å². The van der Waals surface area contributed by atoms with E-state index in [1.54, 1.807) is 0 Å². The zero-order chi connectivity index (χ0) is 20.4. The summed E-state index contributed by atoms with van der Waals surface area (Å²) < 4.78 is 0. The second-order valence-corrected chi connectivity index (χ2v) is 6.70. The van der Waals surface area contributed by atoms with Crippen molar-refractivity contribution in [2.24, 2.45) is 11.7 Å². The van der Waals surface area contributed by atoms with E-state index in [1.807, 2.05) is 13.8 Å². The summed E-state index contributed by atoms with van der Waals surface area (Å²) in [6, 6.07) is -3.94. The average Bonchev–Trinajstić information content (AvgIpc) is 2.61. The van der Waals surface area contributed by atoms with Crippen LogP contribution < -0.4 is 21.7 Å². The lowest BCUT2D eigenvalue weighted by atomic mass is 9.99. The van der Waals surface area contributed by atoms with Gasteiger partial charge in [-0.1, -0.05) is 20.3 Å². The highest BCUT2D eigenvalue weighted by molar-refractivity contribution is 7.80. The summed E-state index contributed by atoms with van der Waals surface area (Å²) in [5, 5.41) is 16.0. The molecule has 26 heavy (non-hydrogen) atoms. The van der Waals surface area contributed by atoms with Crippen LogP contribution >= 0.6 is 25.3 Å². The van der Waals surface area contributed by atoms with Crippen LogP contribution in [0.3, 0.4) is 0 Å². The van der Waals surface area contributed by atoms with Gasteiger partial charge in [0.1, 0.15) is 18.1 Å². The van der Waals surface area contributed by atoms with Gasteiger partial charge in [0, 0.05) is 11.5 Å². The van der Waals surface area contributed by atoms with E-state index < -0.39 is 47.9 Å². The van der Waals surface area contributed by atoms with E-state index in [1.165, 1.54) is 6.92 Å². The largest absolute Gasteiger partial charge is 0.480 e. The summed E-state index contributed by atoms with van der Waals surface area (Å²) in [6.07, 6.45) is 0.704. The van der Waals surface area contributed by atoms with Crippen LogP contribution in [0.1, 0.15) is 27.2 Å². The Morgan fingerprint density at radius 1 is 0.923 bits per heavy atom. The number of hydrogen-bond donors (Lipinski definition) is 7. The highest BCUT2D eigenvalue weighted by atomic mass is 32.1. The Hall–Kier alpha value is -1.46. The Kier molecular flexibility index (Phi) is 11.3. The first-order chi connectivity index (χ1) is 12.1. The molecular formula is C15H28N4O5S2. The number of rotatable bonds is 11. The molecule has 6 N–H and O–H groups in total. The lowest BCUT2D eigenvalue weighted by Crippen LogP contribution is -2.58. The molecule has 3 amide bonds. The minimum atomic E-state index is -1.21. The van der Waals surface area contributed by atoms with E-state index in [-0.39, 0.29) is 17.4 Å². The third-order valence-corrected chi connectivity index (χ3v) is 4.65.